The van der Waals surface area contributed by atoms with E-state index in [1.807, 2.05) is 0 Å². The SMILES string of the molecule is CCCNC(Cc1ccsc1)c1cccc(C2CCC2)c1. The van der Waals surface area contributed by atoms with E-state index < -0.39 is 0 Å². The monoisotopic (exact) mass is 299 g/mol. The van der Waals surface area contributed by atoms with Gasteiger partial charge >= 0.3 is 0 Å². The normalized spacial score (nSPS) is 16.6. The van der Waals surface area contributed by atoms with Crippen LogP contribution in [-0.4, -0.2) is 6.54 Å². The summed E-state index contributed by atoms with van der Waals surface area (Å²) in [5, 5.41) is 8.18. The summed E-state index contributed by atoms with van der Waals surface area (Å²) < 4.78 is 0. The molecule has 1 aliphatic carbocycles. The lowest BCUT2D eigenvalue weighted by atomic mass is 9.79. The molecule has 1 aliphatic rings. The summed E-state index contributed by atoms with van der Waals surface area (Å²) >= 11 is 1.79. The van der Waals surface area contributed by atoms with Crippen molar-refractivity contribution >= 4 is 11.3 Å². The molecular formula is C19H25NS. The van der Waals surface area contributed by atoms with Crippen molar-refractivity contribution in [1.82, 2.24) is 5.32 Å². The van der Waals surface area contributed by atoms with Gasteiger partial charge in [-0.2, -0.15) is 11.3 Å². The molecule has 2 heteroatoms. The molecule has 0 saturated heterocycles. The van der Waals surface area contributed by atoms with Crippen LogP contribution in [0.2, 0.25) is 0 Å². The maximum Gasteiger partial charge on any atom is 0.0361 e. The second-order valence-electron chi connectivity index (χ2n) is 6.14. The van der Waals surface area contributed by atoms with E-state index in [1.54, 1.807) is 16.9 Å². The third kappa shape index (κ3) is 3.75. The first kappa shape index (κ1) is 14.8. The number of benzene rings is 1. The van der Waals surface area contributed by atoms with Crippen molar-refractivity contribution in [3.05, 3.63) is 57.8 Å². The van der Waals surface area contributed by atoms with Crippen molar-refractivity contribution in [2.75, 3.05) is 6.54 Å². The summed E-state index contributed by atoms with van der Waals surface area (Å²) in [5.74, 6) is 0.818. The largest absolute Gasteiger partial charge is 0.310 e. The topological polar surface area (TPSA) is 12.0 Å². The van der Waals surface area contributed by atoms with Crippen molar-refractivity contribution in [3.8, 4) is 0 Å². The third-order valence-corrected chi connectivity index (χ3v) is 5.28. The quantitative estimate of drug-likeness (QED) is 0.731. The molecular weight excluding hydrogens is 274 g/mol. The van der Waals surface area contributed by atoms with Gasteiger partial charge < -0.3 is 5.32 Å². The first-order valence-corrected chi connectivity index (χ1v) is 9.15. The number of nitrogens with one attached hydrogen (secondary N) is 1. The Hall–Kier alpha value is -1.12. The summed E-state index contributed by atoms with van der Waals surface area (Å²) in [7, 11) is 0. The minimum Gasteiger partial charge on any atom is -0.310 e. The molecule has 1 aromatic heterocycles. The molecule has 0 bridgehead atoms. The molecule has 1 unspecified atom stereocenters. The van der Waals surface area contributed by atoms with E-state index in [0.29, 0.717) is 6.04 Å². The lowest BCUT2D eigenvalue weighted by Crippen LogP contribution is -2.24. The van der Waals surface area contributed by atoms with Gasteiger partial charge in [-0.3, -0.25) is 0 Å². The minimum absolute atomic E-state index is 0.444. The van der Waals surface area contributed by atoms with Crippen LogP contribution >= 0.6 is 11.3 Å². The lowest BCUT2D eigenvalue weighted by Gasteiger charge is -2.27. The van der Waals surface area contributed by atoms with Crippen molar-refractivity contribution in [2.24, 2.45) is 0 Å². The van der Waals surface area contributed by atoms with Crippen molar-refractivity contribution in [2.45, 2.75) is 51.0 Å². The number of hydrogen-bond donors (Lipinski definition) is 1. The smallest absolute Gasteiger partial charge is 0.0361 e. The highest BCUT2D eigenvalue weighted by molar-refractivity contribution is 7.07. The zero-order chi connectivity index (χ0) is 14.5. The first-order valence-electron chi connectivity index (χ1n) is 8.21. The number of rotatable bonds is 7. The average molecular weight is 299 g/mol. The van der Waals surface area contributed by atoms with Crippen LogP contribution in [0.15, 0.2) is 41.1 Å². The molecule has 0 aliphatic heterocycles. The van der Waals surface area contributed by atoms with Gasteiger partial charge in [0.2, 0.25) is 0 Å². The van der Waals surface area contributed by atoms with Crippen LogP contribution in [0.1, 0.15) is 61.3 Å². The van der Waals surface area contributed by atoms with E-state index in [0.717, 1.165) is 18.9 Å². The molecule has 1 saturated carbocycles. The molecule has 1 fully saturated rings. The Bertz CT molecular complexity index is 542. The average Bonchev–Trinajstić information content (AvgIpc) is 2.95. The molecule has 1 heterocycles. The maximum absolute atomic E-state index is 3.73. The first-order chi connectivity index (χ1) is 10.4. The van der Waals surface area contributed by atoms with Crippen LogP contribution in [0, 0.1) is 0 Å². The molecule has 1 nitrogen and oxygen atoms in total. The van der Waals surface area contributed by atoms with Crippen LogP contribution in [0.4, 0.5) is 0 Å². The molecule has 21 heavy (non-hydrogen) atoms. The van der Waals surface area contributed by atoms with Gasteiger partial charge in [-0.05, 0) is 71.7 Å². The lowest BCUT2D eigenvalue weighted by molar-refractivity contribution is 0.418. The minimum atomic E-state index is 0.444. The fourth-order valence-corrected chi connectivity index (χ4v) is 3.72. The van der Waals surface area contributed by atoms with Gasteiger partial charge in [0.25, 0.3) is 0 Å². The van der Waals surface area contributed by atoms with Gasteiger partial charge in [0, 0.05) is 6.04 Å². The van der Waals surface area contributed by atoms with E-state index in [-0.39, 0.29) is 0 Å². The summed E-state index contributed by atoms with van der Waals surface area (Å²) in [4.78, 5) is 0. The Morgan fingerprint density at radius 3 is 2.86 bits per heavy atom. The van der Waals surface area contributed by atoms with Crippen molar-refractivity contribution in [3.63, 3.8) is 0 Å². The van der Waals surface area contributed by atoms with Gasteiger partial charge in [-0.15, -0.1) is 0 Å². The molecule has 3 rings (SSSR count). The molecule has 0 amide bonds. The zero-order valence-electron chi connectivity index (χ0n) is 12.8. The van der Waals surface area contributed by atoms with E-state index in [2.05, 4.69) is 53.3 Å². The number of thiophene rings is 1. The predicted octanol–water partition coefficient (Wildman–Crippen LogP) is 5.30. The Labute approximate surface area is 132 Å². The highest BCUT2D eigenvalue weighted by Crippen LogP contribution is 2.37. The Balaban J connectivity index is 1.77. The van der Waals surface area contributed by atoms with Gasteiger partial charge in [-0.25, -0.2) is 0 Å². The molecule has 112 valence electrons. The predicted molar refractivity (Wildman–Crippen MR) is 92.1 cm³/mol. The Morgan fingerprint density at radius 1 is 1.29 bits per heavy atom. The summed E-state index contributed by atoms with van der Waals surface area (Å²) in [5.41, 5.74) is 4.45. The molecule has 1 atom stereocenters. The summed E-state index contributed by atoms with van der Waals surface area (Å²) in [6.07, 6.45) is 6.43. The summed E-state index contributed by atoms with van der Waals surface area (Å²) in [6, 6.07) is 12.0. The van der Waals surface area contributed by atoms with Crippen molar-refractivity contribution in [1.29, 1.82) is 0 Å². The fraction of sp³-hybridized carbons (Fsp3) is 0.474. The standard InChI is InChI=1S/C19H25NS/c1-2-10-20-19(12-15-9-11-21-14-15)18-8-4-7-17(13-18)16-5-3-6-16/h4,7-9,11,13-14,16,19-20H,2-3,5-6,10,12H2,1H3. The van der Waals surface area contributed by atoms with Gasteiger partial charge in [0.15, 0.2) is 0 Å². The van der Waals surface area contributed by atoms with Gasteiger partial charge in [0.1, 0.15) is 0 Å². The van der Waals surface area contributed by atoms with E-state index >= 15 is 0 Å². The highest BCUT2D eigenvalue weighted by Gasteiger charge is 2.20. The summed E-state index contributed by atoms with van der Waals surface area (Å²) in [6.45, 7) is 3.32. The zero-order valence-corrected chi connectivity index (χ0v) is 13.7. The van der Waals surface area contributed by atoms with Gasteiger partial charge in [0.05, 0.1) is 0 Å². The van der Waals surface area contributed by atoms with Crippen LogP contribution in [-0.2, 0) is 6.42 Å². The Kier molecular flexibility index (Phi) is 5.10. The van der Waals surface area contributed by atoms with E-state index in [1.165, 1.54) is 36.8 Å². The van der Waals surface area contributed by atoms with E-state index in [4.69, 9.17) is 0 Å². The Morgan fingerprint density at radius 2 is 2.19 bits per heavy atom. The molecule has 1 aromatic carbocycles. The van der Waals surface area contributed by atoms with Crippen LogP contribution in [0.5, 0.6) is 0 Å². The second kappa shape index (κ2) is 7.24. The van der Waals surface area contributed by atoms with E-state index in [9.17, 15) is 0 Å². The van der Waals surface area contributed by atoms with Gasteiger partial charge in [-0.1, -0.05) is 37.6 Å². The number of hydrogen-bond acceptors (Lipinski definition) is 2. The van der Waals surface area contributed by atoms with Crippen molar-refractivity contribution < 1.29 is 0 Å². The van der Waals surface area contributed by atoms with Crippen LogP contribution < -0.4 is 5.32 Å². The highest BCUT2D eigenvalue weighted by atomic mass is 32.1. The third-order valence-electron chi connectivity index (χ3n) is 4.55. The maximum atomic E-state index is 3.73. The van der Waals surface area contributed by atoms with Crippen LogP contribution in [0.3, 0.4) is 0 Å². The van der Waals surface area contributed by atoms with Crippen LogP contribution in [0.25, 0.3) is 0 Å². The molecule has 0 radical (unpaired) electrons. The fourth-order valence-electron chi connectivity index (χ4n) is 3.04. The second-order valence-corrected chi connectivity index (χ2v) is 6.92. The molecule has 0 spiro atoms. The molecule has 1 N–H and O–H groups in total. The molecule has 2 aromatic rings.